The fourth-order valence-corrected chi connectivity index (χ4v) is 11.1. The average molecular weight is 859 g/mol. The monoisotopic (exact) mass is 857 g/mol. The molecule has 2 heterocycles. The average Bonchev–Trinajstić information content (AvgIpc) is 3.68. The van der Waals surface area contributed by atoms with Crippen molar-refractivity contribution in [2.45, 2.75) is 96.1 Å². The Balaban J connectivity index is 1.16. The molecule has 4 aliphatic rings. The van der Waals surface area contributed by atoms with Crippen molar-refractivity contribution in [3.05, 3.63) is 152 Å². The van der Waals surface area contributed by atoms with Crippen LogP contribution in [0.4, 0.5) is 0 Å². The van der Waals surface area contributed by atoms with Gasteiger partial charge in [-0.1, -0.05) is 117 Å². The molecule has 12 heteroatoms. The second-order valence-electron chi connectivity index (χ2n) is 18.5. The highest BCUT2D eigenvalue weighted by atomic mass is 35.5. The maximum atomic E-state index is 15.8. The first-order chi connectivity index (χ1) is 29.2. The number of halogens is 1. The van der Waals surface area contributed by atoms with Crippen LogP contribution in [0.25, 0.3) is 5.76 Å². The summed E-state index contributed by atoms with van der Waals surface area (Å²) >= 11 is 7.43. The molecule has 0 unspecified atom stereocenters. The molecule has 0 amide bonds. The molecule has 61 heavy (non-hydrogen) atoms. The number of aliphatic hydroxyl groups excluding tert-OH is 1. The molecule has 5 aromatic rings. The second kappa shape index (κ2) is 15.7. The van der Waals surface area contributed by atoms with Crippen LogP contribution in [0.15, 0.2) is 101 Å². The van der Waals surface area contributed by atoms with Crippen LogP contribution in [0.5, 0.6) is 11.6 Å². The summed E-state index contributed by atoms with van der Waals surface area (Å²) in [6.45, 7) is 12.7. The molecule has 4 atom stereocenters. The highest BCUT2D eigenvalue weighted by molar-refractivity contribution is 6.74. The summed E-state index contributed by atoms with van der Waals surface area (Å²) in [5.41, 5.74) is 11.6. The van der Waals surface area contributed by atoms with E-state index in [1.807, 2.05) is 79.8 Å². The van der Waals surface area contributed by atoms with Gasteiger partial charge in [0.15, 0.2) is 19.7 Å². The van der Waals surface area contributed by atoms with Crippen molar-refractivity contribution < 1.29 is 33.1 Å². The van der Waals surface area contributed by atoms with Gasteiger partial charge in [-0.05, 0) is 87.9 Å². The summed E-state index contributed by atoms with van der Waals surface area (Å²) in [6.07, 6.45) is 1.50. The predicted octanol–water partition coefficient (Wildman–Crippen LogP) is 9.73. The lowest BCUT2D eigenvalue weighted by atomic mass is 9.57. The summed E-state index contributed by atoms with van der Waals surface area (Å²) in [7, 11) is -2.93. The molecule has 1 fully saturated rings. The molecule has 9 rings (SSSR count). The normalized spacial score (nSPS) is 22.5. The minimum atomic E-state index is -2.93. The van der Waals surface area contributed by atoms with E-state index in [1.54, 1.807) is 0 Å². The van der Waals surface area contributed by atoms with E-state index >= 15 is 9.59 Å². The van der Waals surface area contributed by atoms with Gasteiger partial charge in [0.25, 0.3) is 5.88 Å². The number of carbonyl (C=O) groups is 2. The SMILES string of the molecule is CC(C)(C)[Si](C)(C)O[C@]12C(=O)C3=C(O)c4c(OCc5ccccc5)cc(CN5CCc6ccccc6C5)c(Cl)c4C[C@H]3C[C@H]1[C@H](N)c1onc(OCc3ccccc3)c1C2=O. The van der Waals surface area contributed by atoms with Gasteiger partial charge in [-0.25, -0.2) is 0 Å². The number of hydrogen-bond donors (Lipinski definition) is 2. The van der Waals surface area contributed by atoms with Crippen LogP contribution in [0.2, 0.25) is 23.2 Å². The molecule has 1 saturated carbocycles. The van der Waals surface area contributed by atoms with Crippen molar-refractivity contribution >= 4 is 37.2 Å². The fourth-order valence-electron chi connectivity index (χ4n) is 9.41. The molecular formula is C49H52ClN3O7Si. The van der Waals surface area contributed by atoms with Crippen LogP contribution in [0.1, 0.15) is 88.3 Å². The summed E-state index contributed by atoms with van der Waals surface area (Å²) in [4.78, 5) is 33.6. The number of nitrogens with zero attached hydrogens (tertiary/aromatic N) is 2. The van der Waals surface area contributed by atoms with Crippen molar-refractivity contribution in [2.75, 3.05) is 6.54 Å². The zero-order chi connectivity index (χ0) is 42.8. The molecule has 1 aromatic heterocycles. The van der Waals surface area contributed by atoms with Crippen molar-refractivity contribution in [3.63, 3.8) is 0 Å². The van der Waals surface area contributed by atoms with E-state index < -0.39 is 48.4 Å². The number of ketones is 2. The molecule has 3 aliphatic carbocycles. The van der Waals surface area contributed by atoms with E-state index in [9.17, 15) is 5.11 Å². The molecule has 0 radical (unpaired) electrons. The number of fused-ring (bicyclic) bond motifs is 5. The van der Waals surface area contributed by atoms with Gasteiger partial charge >= 0.3 is 0 Å². The second-order valence-corrected chi connectivity index (χ2v) is 23.6. The number of hydrogen-bond acceptors (Lipinski definition) is 10. The van der Waals surface area contributed by atoms with E-state index in [1.165, 1.54) is 11.1 Å². The Morgan fingerprint density at radius 1 is 0.918 bits per heavy atom. The number of benzene rings is 4. The number of rotatable bonds is 10. The Kier molecular flexibility index (Phi) is 10.6. The van der Waals surface area contributed by atoms with Gasteiger partial charge < -0.3 is 29.3 Å². The van der Waals surface area contributed by atoms with E-state index in [-0.39, 0.29) is 48.2 Å². The number of nitrogens with two attached hydrogens (primary N) is 1. The van der Waals surface area contributed by atoms with Crippen molar-refractivity contribution in [2.24, 2.45) is 17.6 Å². The number of aliphatic hydroxyl groups is 1. The third-order valence-electron chi connectivity index (χ3n) is 13.7. The molecule has 3 N–H and O–H groups in total. The topological polar surface area (TPSA) is 137 Å². The summed E-state index contributed by atoms with van der Waals surface area (Å²) in [5, 5.41) is 17.0. The quantitative estimate of drug-likeness (QED) is 0.103. The number of carbonyl (C=O) groups excluding carboxylic acids is 2. The van der Waals surface area contributed by atoms with Crippen LogP contribution < -0.4 is 15.2 Å². The number of aromatic nitrogens is 1. The fraction of sp³-hybridized carbons (Fsp3) is 0.367. The maximum Gasteiger partial charge on any atom is 0.265 e. The first-order valence-electron chi connectivity index (χ1n) is 21.1. The van der Waals surface area contributed by atoms with Gasteiger partial charge in [-0.3, -0.25) is 14.5 Å². The zero-order valence-corrected chi connectivity index (χ0v) is 37.1. The lowest BCUT2D eigenvalue weighted by Gasteiger charge is -2.53. The van der Waals surface area contributed by atoms with Gasteiger partial charge in [0.1, 0.15) is 30.3 Å². The van der Waals surface area contributed by atoms with E-state index in [0.29, 0.717) is 34.9 Å². The van der Waals surface area contributed by atoms with E-state index in [0.717, 1.165) is 36.2 Å². The van der Waals surface area contributed by atoms with Gasteiger partial charge in [0, 0.05) is 36.1 Å². The maximum absolute atomic E-state index is 15.8. The van der Waals surface area contributed by atoms with Gasteiger partial charge in [-0.2, -0.15) is 0 Å². The van der Waals surface area contributed by atoms with Crippen molar-refractivity contribution in [1.29, 1.82) is 0 Å². The van der Waals surface area contributed by atoms with Gasteiger partial charge in [0.05, 0.1) is 11.6 Å². The predicted molar refractivity (Wildman–Crippen MR) is 236 cm³/mol. The summed E-state index contributed by atoms with van der Waals surface area (Å²) in [5.74, 6) is -2.32. The largest absolute Gasteiger partial charge is 0.507 e. The Morgan fingerprint density at radius 3 is 2.23 bits per heavy atom. The Hall–Kier alpha value is -5.04. The van der Waals surface area contributed by atoms with Gasteiger partial charge in [0.2, 0.25) is 11.6 Å². The van der Waals surface area contributed by atoms with Crippen molar-refractivity contribution in [3.8, 4) is 11.6 Å². The van der Waals surface area contributed by atoms with Gasteiger partial charge in [-0.15, -0.1) is 0 Å². The molecule has 0 spiro atoms. The smallest absolute Gasteiger partial charge is 0.265 e. The Bertz CT molecular complexity index is 2550. The third-order valence-corrected chi connectivity index (χ3v) is 18.6. The Morgan fingerprint density at radius 2 is 1.56 bits per heavy atom. The van der Waals surface area contributed by atoms with Crippen LogP contribution >= 0.6 is 11.6 Å². The molecule has 1 aliphatic heterocycles. The van der Waals surface area contributed by atoms with Crippen molar-refractivity contribution in [1.82, 2.24) is 10.1 Å². The van der Waals surface area contributed by atoms with Crippen LogP contribution in [-0.2, 0) is 48.4 Å². The summed E-state index contributed by atoms with van der Waals surface area (Å²) in [6, 6.07) is 28.8. The third kappa shape index (κ3) is 7.14. The minimum Gasteiger partial charge on any atom is -0.507 e. The summed E-state index contributed by atoms with van der Waals surface area (Å²) < 4.78 is 25.7. The lowest BCUT2D eigenvalue weighted by Crippen LogP contribution is -2.68. The highest BCUT2D eigenvalue weighted by Gasteiger charge is 2.68. The first-order valence-corrected chi connectivity index (χ1v) is 24.4. The molecular weight excluding hydrogens is 806 g/mol. The van der Waals surface area contributed by atoms with Crippen LogP contribution in [0, 0.1) is 11.8 Å². The minimum absolute atomic E-state index is 0.00129. The number of Topliss-reactive ketones (excluding diaryl/α,β-unsaturated/α-hetero) is 2. The highest BCUT2D eigenvalue weighted by Crippen LogP contribution is 2.58. The molecule has 10 nitrogen and oxygen atoms in total. The lowest BCUT2D eigenvalue weighted by molar-refractivity contribution is -0.138. The van der Waals surface area contributed by atoms with Crippen LogP contribution in [0.3, 0.4) is 0 Å². The van der Waals surface area contributed by atoms with E-state index in [2.05, 4.69) is 55.1 Å². The van der Waals surface area contributed by atoms with E-state index in [4.69, 9.17) is 35.8 Å². The first kappa shape index (κ1) is 41.3. The molecule has 0 saturated heterocycles. The Labute approximate surface area is 362 Å². The number of ether oxygens (including phenoxy) is 2. The molecule has 0 bridgehead atoms. The molecule has 316 valence electrons. The molecule has 4 aromatic carbocycles. The standard InChI is InChI=1S/C49H52ClN3O7Si/c1-48(2,3)61(4,5)60-49-36(42(51)44-40(46(49)56)47(52-59-44)58-28-30-16-10-7-11-17-30)23-33-22-35-39(43(54)38(33)45(49)55)37(57-27-29-14-8-6-9-15-29)24-34(41(35)50)26-53-21-20-31-18-12-13-19-32(31)25-53/h6-19,24,33,36,42,54H,20-23,25-28,51H2,1-5H3/t33-,36-,42-,49-/m0/s1. The van der Waals surface area contributed by atoms with Crippen LogP contribution in [-0.4, -0.2) is 47.2 Å². The zero-order valence-electron chi connectivity index (χ0n) is 35.3.